The van der Waals surface area contributed by atoms with Crippen LogP contribution in [0.1, 0.15) is 49.8 Å². The van der Waals surface area contributed by atoms with Gasteiger partial charge in [-0.25, -0.2) is 0 Å². The van der Waals surface area contributed by atoms with E-state index in [9.17, 15) is 5.11 Å². The van der Waals surface area contributed by atoms with Crippen LogP contribution in [0, 0.1) is 11.8 Å². The summed E-state index contributed by atoms with van der Waals surface area (Å²) in [6.45, 7) is 3.38. The van der Waals surface area contributed by atoms with Crippen molar-refractivity contribution in [1.82, 2.24) is 5.32 Å². The monoisotopic (exact) mass is 289 g/mol. The molecule has 2 aliphatic rings. The number of benzene rings is 1. The van der Waals surface area contributed by atoms with Crippen molar-refractivity contribution in [3.8, 4) is 5.75 Å². The van der Waals surface area contributed by atoms with E-state index in [1.54, 1.807) is 7.11 Å². The molecule has 1 aliphatic carbocycles. The Morgan fingerprint density at radius 2 is 2.19 bits per heavy atom. The molecule has 0 bridgehead atoms. The smallest absolute Gasteiger partial charge is 0.119 e. The molecule has 3 heteroatoms. The molecule has 1 saturated heterocycles. The van der Waals surface area contributed by atoms with Gasteiger partial charge in [0.05, 0.1) is 13.2 Å². The van der Waals surface area contributed by atoms with E-state index >= 15 is 0 Å². The molecule has 1 aliphatic heterocycles. The minimum Gasteiger partial charge on any atom is -0.497 e. The van der Waals surface area contributed by atoms with E-state index in [0.717, 1.165) is 36.6 Å². The van der Waals surface area contributed by atoms with Crippen LogP contribution >= 0.6 is 0 Å². The van der Waals surface area contributed by atoms with Crippen LogP contribution in [0.15, 0.2) is 18.2 Å². The molecule has 1 aromatic carbocycles. The maximum atomic E-state index is 10.8. The number of rotatable bonds is 3. The van der Waals surface area contributed by atoms with Crippen molar-refractivity contribution in [2.45, 2.75) is 51.2 Å². The fraction of sp³-hybridized carbons (Fsp3) is 0.667. The zero-order valence-electron chi connectivity index (χ0n) is 13.1. The fourth-order valence-electron chi connectivity index (χ4n) is 4.08. The molecule has 0 spiro atoms. The zero-order valence-corrected chi connectivity index (χ0v) is 13.1. The van der Waals surface area contributed by atoms with Crippen LogP contribution in [0.25, 0.3) is 0 Å². The molecule has 1 aromatic rings. The van der Waals surface area contributed by atoms with Crippen molar-refractivity contribution in [1.29, 1.82) is 0 Å². The zero-order chi connectivity index (χ0) is 14.8. The van der Waals surface area contributed by atoms with Gasteiger partial charge in [-0.2, -0.15) is 0 Å². The van der Waals surface area contributed by atoms with Gasteiger partial charge in [0.1, 0.15) is 5.75 Å². The summed E-state index contributed by atoms with van der Waals surface area (Å²) in [5.41, 5.74) is 2.36. The average molecular weight is 289 g/mol. The highest BCUT2D eigenvalue weighted by molar-refractivity contribution is 5.39. The molecule has 0 radical (unpaired) electrons. The van der Waals surface area contributed by atoms with Crippen LogP contribution in [0.5, 0.6) is 5.75 Å². The van der Waals surface area contributed by atoms with E-state index in [0.29, 0.717) is 12.0 Å². The number of piperidine rings is 1. The second-order valence-electron chi connectivity index (χ2n) is 6.57. The van der Waals surface area contributed by atoms with Crippen LogP contribution < -0.4 is 10.1 Å². The molecule has 116 valence electrons. The van der Waals surface area contributed by atoms with Gasteiger partial charge >= 0.3 is 0 Å². The SMILES string of the molecule is CCC1CCNC(C2CCc3cc(OC)ccc3C2O)C1. The lowest BCUT2D eigenvalue weighted by Crippen LogP contribution is -2.46. The van der Waals surface area contributed by atoms with Gasteiger partial charge in [0.2, 0.25) is 0 Å². The third kappa shape index (κ3) is 2.95. The predicted molar refractivity (Wildman–Crippen MR) is 84.6 cm³/mol. The summed E-state index contributed by atoms with van der Waals surface area (Å²) < 4.78 is 5.29. The Bertz CT molecular complexity index is 488. The Morgan fingerprint density at radius 1 is 1.33 bits per heavy atom. The Morgan fingerprint density at radius 3 is 2.95 bits per heavy atom. The first-order valence-corrected chi connectivity index (χ1v) is 8.31. The van der Waals surface area contributed by atoms with Gasteiger partial charge in [-0.1, -0.05) is 19.4 Å². The number of hydrogen-bond acceptors (Lipinski definition) is 3. The largest absolute Gasteiger partial charge is 0.497 e. The number of nitrogens with one attached hydrogen (secondary N) is 1. The molecular weight excluding hydrogens is 262 g/mol. The lowest BCUT2D eigenvalue weighted by molar-refractivity contribution is 0.0547. The lowest BCUT2D eigenvalue weighted by Gasteiger charge is -2.40. The van der Waals surface area contributed by atoms with Crippen molar-refractivity contribution < 1.29 is 9.84 Å². The summed E-state index contributed by atoms with van der Waals surface area (Å²) in [5, 5.41) is 14.5. The number of hydrogen-bond donors (Lipinski definition) is 2. The molecular formula is C18H27NO2. The second-order valence-corrected chi connectivity index (χ2v) is 6.57. The highest BCUT2D eigenvalue weighted by Crippen LogP contribution is 2.40. The van der Waals surface area contributed by atoms with E-state index < -0.39 is 0 Å². The van der Waals surface area contributed by atoms with Gasteiger partial charge in [0.25, 0.3) is 0 Å². The summed E-state index contributed by atoms with van der Waals surface area (Å²) in [7, 11) is 1.70. The van der Waals surface area contributed by atoms with Crippen LogP contribution in [0.4, 0.5) is 0 Å². The van der Waals surface area contributed by atoms with Gasteiger partial charge < -0.3 is 15.2 Å². The molecule has 0 aromatic heterocycles. The molecule has 0 saturated carbocycles. The first-order chi connectivity index (χ1) is 10.2. The topological polar surface area (TPSA) is 41.5 Å². The number of aryl methyl sites for hydroxylation is 1. The maximum absolute atomic E-state index is 10.8. The second kappa shape index (κ2) is 6.37. The number of aliphatic hydroxyl groups excluding tert-OH is 1. The molecule has 3 nitrogen and oxygen atoms in total. The Kier molecular flexibility index (Phi) is 4.51. The fourth-order valence-corrected chi connectivity index (χ4v) is 4.08. The number of methoxy groups -OCH3 is 1. The number of fused-ring (bicyclic) bond motifs is 1. The van der Waals surface area contributed by atoms with Gasteiger partial charge in [-0.05, 0) is 61.4 Å². The molecule has 2 N–H and O–H groups in total. The normalized spacial score (nSPS) is 32.5. The first-order valence-electron chi connectivity index (χ1n) is 8.31. The van der Waals surface area contributed by atoms with Gasteiger partial charge in [-0.15, -0.1) is 0 Å². The van der Waals surface area contributed by atoms with E-state index in [1.807, 2.05) is 12.1 Å². The molecule has 3 rings (SSSR count). The molecule has 4 atom stereocenters. The molecule has 4 unspecified atom stereocenters. The van der Waals surface area contributed by atoms with E-state index in [2.05, 4.69) is 18.3 Å². The summed E-state index contributed by atoms with van der Waals surface area (Å²) >= 11 is 0. The summed E-state index contributed by atoms with van der Waals surface area (Å²) in [5.74, 6) is 2.06. The van der Waals surface area contributed by atoms with Crippen molar-refractivity contribution in [3.63, 3.8) is 0 Å². The minimum absolute atomic E-state index is 0.340. The molecule has 0 amide bonds. The van der Waals surface area contributed by atoms with Crippen LogP contribution in [0.3, 0.4) is 0 Å². The Labute approximate surface area is 127 Å². The standard InChI is InChI=1S/C18H27NO2/c1-3-12-8-9-19-17(10-12)16-6-4-13-11-14(21-2)5-7-15(13)18(16)20/h5,7,11-12,16-20H,3-4,6,8-10H2,1-2H3. The van der Waals surface area contributed by atoms with E-state index in [1.165, 1.54) is 24.8 Å². The molecule has 1 fully saturated rings. The number of aliphatic hydroxyl groups is 1. The van der Waals surface area contributed by atoms with Gasteiger partial charge in [-0.3, -0.25) is 0 Å². The van der Waals surface area contributed by atoms with Crippen molar-refractivity contribution in [2.24, 2.45) is 11.8 Å². The molecule has 1 heterocycles. The molecule has 21 heavy (non-hydrogen) atoms. The Balaban J connectivity index is 1.77. The van der Waals surface area contributed by atoms with E-state index in [4.69, 9.17) is 4.74 Å². The van der Waals surface area contributed by atoms with Crippen molar-refractivity contribution in [2.75, 3.05) is 13.7 Å². The Hall–Kier alpha value is -1.06. The summed E-state index contributed by atoms with van der Waals surface area (Å²) in [4.78, 5) is 0. The summed E-state index contributed by atoms with van der Waals surface area (Å²) in [6.07, 6.45) is 5.52. The number of ether oxygens (including phenoxy) is 1. The maximum Gasteiger partial charge on any atom is 0.119 e. The minimum atomic E-state index is -0.340. The highest BCUT2D eigenvalue weighted by atomic mass is 16.5. The van der Waals surface area contributed by atoms with Crippen LogP contribution in [-0.4, -0.2) is 24.8 Å². The average Bonchev–Trinajstić information content (AvgIpc) is 2.55. The van der Waals surface area contributed by atoms with Crippen LogP contribution in [-0.2, 0) is 6.42 Å². The third-order valence-corrected chi connectivity index (χ3v) is 5.46. The quantitative estimate of drug-likeness (QED) is 0.898. The highest BCUT2D eigenvalue weighted by Gasteiger charge is 2.36. The van der Waals surface area contributed by atoms with Gasteiger partial charge in [0, 0.05) is 12.0 Å². The van der Waals surface area contributed by atoms with Crippen molar-refractivity contribution >= 4 is 0 Å². The van der Waals surface area contributed by atoms with Gasteiger partial charge in [0.15, 0.2) is 0 Å². The summed E-state index contributed by atoms with van der Waals surface area (Å²) in [6, 6.07) is 6.56. The predicted octanol–water partition coefficient (Wildman–Crippen LogP) is 3.07. The first kappa shape index (κ1) is 14.9. The van der Waals surface area contributed by atoms with Crippen LogP contribution in [0.2, 0.25) is 0 Å². The lowest BCUT2D eigenvalue weighted by atomic mass is 9.74. The third-order valence-electron chi connectivity index (χ3n) is 5.46. The van der Waals surface area contributed by atoms with E-state index in [-0.39, 0.29) is 6.10 Å². The van der Waals surface area contributed by atoms with Crippen molar-refractivity contribution in [3.05, 3.63) is 29.3 Å².